The van der Waals surface area contributed by atoms with Gasteiger partial charge in [0.2, 0.25) is 10.0 Å². The van der Waals surface area contributed by atoms with E-state index in [0.717, 1.165) is 0 Å². The Morgan fingerprint density at radius 1 is 1.33 bits per heavy atom. The predicted octanol–water partition coefficient (Wildman–Crippen LogP) is 2.11. The molecule has 0 amide bonds. The number of likely N-dealkylation sites (N-methyl/N-ethyl adjacent to an activating group) is 1. The maximum atomic E-state index is 12.2. The summed E-state index contributed by atoms with van der Waals surface area (Å²) < 4.78 is 37.3. The zero-order valence-corrected chi connectivity index (χ0v) is 13.6. The van der Waals surface area contributed by atoms with Gasteiger partial charge < -0.3 is 9.47 Å². The van der Waals surface area contributed by atoms with E-state index < -0.39 is 10.0 Å². The van der Waals surface area contributed by atoms with E-state index in [0.29, 0.717) is 37.0 Å². The third kappa shape index (κ3) is 4.25. The molecular weight excluding hydrogens is 314 g/mol. The molecule has 0 radical (unpaired) electrons. The average molecular weight is 334 g/mol. The van der Waals surface area contributed by atoms with Crippen molar-refractivity contribution in [1.82, 2.24) is 4.31 Å². The molecule has 7 heteroatoms. The van der Waals surface area contributed by atoms with Gasteiger partial charge >= 0.3 is 0 Å². The van der Waals surface area contributed by atoms with Crippen LogP contribution in [0, 0.1) is 0 Å². The van der Waals surface area contributed by atoms with Gasteiger partial charge in [-0.25, -0.2) is 8.42 Å². The Labute approximate surface area is 130 Å². The molecule has 118 valence electrons. The van der Waals surface area contributed by atoms with Crippen molar-refractivity contribution in [3.63, 3.8) is 0 Å². The summed E-state index contributed by atoms with van der Waals surface area (Å²) in [4.78, 5) is 0. The third-order valence-corrected chi connectivity index (χ3v) is 5.52. The van der Waals surface area contributed by atoms with Crippen molar-refractivity contribution < 1.29 is 17.9 Å². The van der Waals surface area contributed by atoms with Crippen LogP contribution in [-0.2, 0) is 10.0 Å². The molecule has 1 unspecified atom stereocenters. The fraction of sp³-hybridized carbons (Fsp3) is 0.571. The van der Waals surface area contributed by atoms with Crippen LogP contribution >= 0.6 is 11.6 Å². The second-order valence-corrected chi connectivity index (χ2v) is 7.27. The monoisotopic (exact) mass is 333 g/mol. The van der Waals surface area contributed by atoms with E-state index >= 15 is 0 Å². The Hall–Kier alpha value is -0.980. The number of rotatable bonds is 7. The summed E-state index contributed by atoms with van der Waals surface area (Å²) in [6.45, 7) is 2.86. The number of halogens is 1. The Kier molecular flexibility index (Phi) is 5.72. The summed E-state index contributed by atoms with van der Waals surface area (Å²) in [7, 11) is -3.30. The molecule has 21 heavy (non-hydrogen) atoms. The van der Waals surface area contributed by atoms with Crippen molar-refractivity contribution in [3.05, 3.63) is 24.3 Å². The number of para-hydroxylation sites is 2. The van der Waals surface area contributed by atoms with Gasteiger partial charge in [0.15, 0.2) is 11.5 Å². The molecule has 1 atom stereocenters. The van der Waals surface area contributed by atoms with Gasteiger partial charge in [-0.3, -0.25) is 0 Å². The molecule has 0 N–H and O–H groups in total. The van der Waals surface area contributed by atoms with Gasteiger partial charge in [0.05, 0.1) is 12.3 Å². The molecule has 0 spiro atoms. The fourth-order valence-corrected chi connectivity index (χ4v) is 4.03. The molecule has 5 nitrogen and oxygen atoms in total. The largest absolute Gasteiger partial charge is 0.486 e. The standard InChI is InChI=1S/C14H20ClNO4S/c1-2-16(21(17,18)9-5-8-15)10-12-11-19-13-6-3-4-7-14(13)20-12/h3-4,6-7,12H,2,5,8-11H2,1H3. The zero-order valence-electron chi connectivity index (χ0n) is 12.0. The third-order valence-electron chi connectivity index (χ3n) is 3.26. The fourth-order valence-electron chi connectivity index (χ4n) is 2.19. The Morgan fingerprint density at radius 3 is 2.71 bits per heavy atom. The van der Waals surface area contributed by atoms with Crippen LogP contribution in [0.5, 0.6) is 11.5 Å². The van der Waals surface area contributed by atoms with Crippen molar-refractivity contribution in [2.24, 2.45) is 0 Å². The first-order valence-electron chi connectivity index (χ1n) is 6.99. The number of hydrogen-bond donors (Lipinski definition) is 0. The van der Waals surface area contributed by atoms with E-state index in [4.69, 9.17) is 21.1 Å². The molecular formula is C14H20ClNO4S. The molecule has 2 rings (SSSR count). The van der Waals surface area contributed by atoms with E-state index in [9.17, 15) is 8.42 Å². The van der Waals surface area contributed by atoms with Crippen LogP contribution in [0.2, 0.25) is 0 Å². The average Bonchev–Trinajstić information content (AvgIpc) is 2.50. The molecule has 0 fully saturated rings. The number of ether oxygens (including phenoxy) is 2. The minimum absolute atomic E-state index is 0.0640. The lowest BCUT2D eigenvalue weighted by Crippen LogP contribution is -2.44. The van der Waals surface area contributed by atoms with Gasteiger partial charge in [-0.2, -0.15) is 4.31 Å². The number of fused-ring (bicyclic) bond motifs is 1. The maximum Gasteiger partial charge on any atom is 0.214 e. The summed E-state index contributed by atoms with van der Waals surface area (Å²) >= 11 is 5.58. The lowest BCUT2D eigenvalue weighted by molar-refractivity contribution is 0.0771. The SMILES string of the molecule is CCN(CC1COc2ccccc2O1)S(=O)(=O)CCCCl. The van der Waals surface area contributed by atoms with Crippen molar-refractivity contribution in [1.29, 1.82) is 0 Å². The van der Waals surface area contributed by atoms with Crippen LogP contribution in [-0.4, -0.2) is 50.2 Å². The second kappa shape index (κ2) is 7.33. The molecule has 0 bridgehead atoms. The van der Waals surface area contributed by atoms with Crippen LogP contribution < -0.4 is 9.47 Å². The normalized spacial score (nSPS) is 18.0. The summed E-state index contributed by atoms with van der Waals surface area (Å²) in [6.07, 6.45) is 0.149. The molecule has 1 aromatic rings. The lowest BCUT2D eigenvalue weighted by Gasteiger charge is -2.30. The zero-order chi connectivity index (χ0) is 15.3. The first-order chi connectivity index (χ1) is 10.1. The molecule has 0 aromatic heterocycles. The van der Waals surface area contributed by atoms with Crippen LogP contribution in [0.4, 0.5) is 0 Å². The minimum atomic E-state index is -3.30. The van der Waals surface area contributed by atoms with Crippen LogP contribution in [0.3, 0.4) is 0 Å². The molecule has 1 heterocycles. The molecule has 1 aliphatic heterocycles. The van der Waals surface area contributed by atoms with Crippen LogP contribution in [0.15, 0.2) is 24.3 Å². The van der Waals surface area contributed by atoms with E-state index in [1.807, 2.05) is 31.2 Å². The maximum absolute atomic E-state index is 12.2. The Morgan fingerprint density at radius 2 is 2.05 bits per heavy atom. The number of alkyl halides is 1. The highest BCUT2D eigenvalue weighted by Gasteiger charge is 2.27. The van der Waals surface area contributed by atoms with Crippen molar-refractivity contribution in [3.8, 4) is 11.5 Å². The van der Waals surface area contributed by atoms with Gasteiger partial charge in [0.1, 0.15) is 12.7 Å². The van der Waals surface area contributed by atoms with Gasteiger partial charge in [-0.15, -0.1) is 11.6 Å². The first kappa shape index (κ1) is 16.4. The Balaban J connectivity index is 2.00. The van der Waals surface area contributed by atoms with E-state index in [1.54, 1.807) is 0 Å². The number of hydrogen-bond acceptors (Lipinski definition) is 4. The molecule has 0 saturated carbocycles. The molecule has 1 aliphatic rings. The number of nitrogens with zero attached hydrogens (tertiary/aromatic N) is 1. The van der Waals surface area contributed by atoms with E-state index in [1.165, 1.54) is 4.31 Å². The minimum Gasteiger partial charge on any atom is -0.486 e. The lowest BCUT2D eigenvalue weighted by atomic mass is 10.2. The molecule has 1 aromatic carbocycles. The smallest absolute Gasteiger partial charge is 0.214 e. The highest BCUT2D eigenvalue weighted by Crippen LogP contribution is 2.31. The van der Waals surface area contributed by atoms with Gasteiger partial charge in [0.25, 0.3) is 0 Å². The Bertz CT molecular complexity index is 564. The van der Waals surface area contributed by atoms with Crippen molar-refractivity contribution in [2.45, 2.75) is 19.4 Å². The quantitative estimate of drug-likeness (QED) is 0.717. The summed E-state index contributed by atoms with van der Waals surface area (Å²) in [5.74, 6) is 1.76. The van der Waals surface area contributed by atoms with Crippen LogP contribution in [0.1, 0.15) is 13.3 Å². The molecule has 0 aliphatic carbocycles. The predicted molar refractivity (Wildman–Crippen MR) is 82.7 cm³/mol. The summed E-state index contributed by atoms with van der Waals surface area (Å²) in [6, 6.07) is 7.39. The van der Waals surface area contributed by atoms with Gasteiger partial charge in [-0.05, 0) is 18.6 Å². The van der Waals surface area contributed by atoms with E-state index in [2.05, 4.69) is 0 Å². The van der Waals surface area contributed by atoms with Crippen molar-refractivity contribution >= 4 is 21.6 Å². The summed E-state index contributed by atoms with van der Waals surface area (Å²) in [5.41, 5.74) is 0. The number of sulfonamides is 1. The van der Waals surface area contributed by atoms with E-state index in [-0.39, 0.29) is 18.4 Å². The molecule has 0 saturated heterocycles. The highest BCUT2D eigenvalue weighted by atomic mass is 35.5. The van der Waals surface area contributed by atoms with Crippen molar-refractivity contribution in [2.75, 3.05) is 31.3 Å². The number of benzene rings is 1. The topological polar surface area (TPSA) is 55.8 Å². The van der Waals surface area contributed by atoms with Gasteiger partial charge in [0, 0.05) is 12.4 Å². The summed E-state index contributed by atoms with van der Waals surface area (Å²) in [5, 5.41) is 0. The van der Waals surface area contributed by atoms with Gasteiger partial charge in [-0.1, -0.05) is 19.1 Å². The van der Waals surface area contributed by atoms with Crippen LogP contribution in [0.25, 0.3) is 0 Å². The highest BCUT2D eigenvalue weighted by molar-refractivity contribution is 7.89. The second-order valence-electron chi connectivity index (χ2n) is 4.81. The first-order valence-corrected chi connectivity index (χ1v) is 9.13.